The molecule has 0 radical (unpaired) electrons. The molecule has 1 heterocycles. The number of ether oxygens (including phenoxy) is 1. The molecule has 0 saturated carbocycles. The number of nitrogens with two attached hydrogens (primary N) is 1. The van der Waals surface area contributed by atoms with Crippen molar-refractivity contribution in [3.05, 3.63) is 53.9 Å². The van der Waals surface area contributed by atoms with E-state index in [1.165, 1.54) is 6.20 Å². The maximum atomic E-state index is 11.4. The number of alkyl carbamates (subject to hydrolysis) is 1. The number of rotatable bonds is 3. The predicted octanol–water partition coefficient (Wildman–Crippen LogP) is 1.34. The predicted molar refractivity (Wildman–Crippen MR) is 78.0 cm³/mol. The zero-order valence-corrected chi connectivity index (χ0v) is 11.2. The molecule has 0 atom stereocenters. The van der Waals surface area contributed by atoms with Crippen LogP contribution in [0.25, 0.3) is 0 Å². The number of nitrogens with one attached hydrogen (secondary N) is 1. The molecule has 6 heteroatoms. The van der Waals surface area contributed by atoms with Gasteiger partial charge in [0.1, 0.15) is 12.3 Å². The Morgan fingerprint density at radius 1 is 1.29 bits per heavy atom. The number of carbonyl (C=O) groups excluding carboxylic acids is 1. The molecular weight excluding hydrogens is 268 g/mol. The van der Waals surface area contributed by atoms with Crippen LogP contribution in [-0.2, 0) is 11.3 Å². The van der Waals surface area contributed by atoms with Gasteiger partial charge in [0.05, 0.1) is 6.54 Å². The first-order valence-corrected chi connectivity index (χ1v) is 6.26. The summed E-state index contributed by atoms with van der Waals surface area (Å²) >= 11 is 0. The second-order valence-electron chi connectivity index (χ2n) is 4.02. The second-order valence-corrected chi connectivity index (χ2v) is 4.02. The van der Waals surface area contributed by atoms with Crippen molar-refractivity contribution in [3.63, 3.8) is 0 Å². The molecule has 1 aromatic heterocycles. The summed E-state index contributed by atoms with van der Waals surface area (Å²) in [6.07, 6.45) is 1.00. The lowest BCUT2D eigenvalue weighted by Gasteiger charge is -2.04. The molecule has 0 aliphatic carbocycles. The molecule has 0 aliphatic rings. The van der Waals surface area contributed by atoms with Gasteiger partial charge in [0.25, 0.3) is 0 Å². The first-order chi connectivity index (χ1) is 10.2. The summed E-state index contributed by atoms with van der Waals surface area (Å²) in [5, 5.41) is 2.53. The van der Waals surface area contributed by atoms with E-state index >= 15 is 0 Å². The Balaban J connectivity index is 1.72. The molecule has 21 heavy (non-hydrogen) atoms. The molecule has 0 spiro atoms. The summed E-state index contributed by atoms with van der Waals surface area (Å²) in [4.78, 5) is 19.1. The summed E-state index contributed by atoms with van der Waals surface area (Å²) < 4.78 is 5.04. The van der Waals surface area contributed by atoms with Crippen LogP contribution in [0.5, 0.6) is 0 Å². The molecule has 0 unspecified atom stereocenters. The molecule has 6 nitrogen and oxygen atoms in total. The molecule has 0 bridgehead atoms. The summed E-state index contributed by atoms with van der Waals surface area (Å²) in [5.41, 5.74) is 6.85. The van der Waals surface area contributed by atoms with Crippen LogP contribution in [0.4, 0.5) is 10.7 Å². The Morgan fingerprint density at radius 3 is 2.86 bits per heavy atom. The molecule has 0 fully saturated rings. The largest absolute Gasteiger partial charge is 0.445 e. The van der Waals surface area contributed by atoms with Crippen molar-refractivity contribution in [2.45, 2.75) is 6.61 Å². The number of hydrogen-bond acceptors (Lipinski definition) is 5. The van der Waals surface area contributed by atoms with E-state index < -0.39 is 6.09 Å². The van der Waals surface area contributed by atoms with E-state index in [2.05, 4.69) is 27.1 Å². The van der Waals surface area contributed by atoms with Gasteiger partial charge < -0.3 is 15.8 Å². The highest BCUT2D eigenvalue weighted by Gasteiger charge is 2.00. The van der Waals surface area contributed by atoms with Gasteiger partial charge >= 0.3 is 6.09 Å². The first-order valence-electron chi connectivity index (χ1n) is 6.26. The molecule has 3 N–H and O–H groups in total. The number of anilines is 1. The fraction of sp³-hybridized carbons (Fsp3) is 0.133. The fourth-order valence-electron chi connectivity index (χ4n) is 1.47. The smallest absolute Gasteiger partial charge is 0.408 e. The minimum Gasteiger partial charge on any atom is -0.445 e. The van der Waals surface area contributed by atoms with E-state index in [1.54, 1.807) is 6.07 Å². The lowest BCUT2D eigenvalue weighted by Crippen LogP contribution is -2.24. The molecule has 0 saturated heterocycles. The maximum absolute atomic E-state index is 11.4. The molecule has 2 aromatic rings. The highest BCUT2D eigenvalue weighted by atomic mass is 16.5. The summed E-state index contributed by atoms with van der Waals surface area (Å²) in [7, 11) is 0. The van der Waals surface area contributed by atoms with Crippen molar-refractivity contribution in [1.29, 1.82) is 0 Å². The van der Waals surface area contributed by atoms with Gasteiger partial charge in [0, 0.05) is 6.20 Å². The fourth-order valence-corrected chi connectivity index (χ4v) is 1.47. The highest BCUT2D eigenvalue weighted by Crippen LogP contribution is 2.00. The zero-order chi connectivity index (χ0) is 14.9. The molecule has 1 aromatic carbocycles. The number of carbonyl (C=O) groups is 1. The number of nitrogens with zero attached hydrogens (tertiary/aromatic N) is 2. The van der Waals surface area contributed by atoms with Crippen LogP contribution in [0.2, 0.25) is 0 Å². The lowest BCUT2D eigenvalue weighted by atomic mass is 10.2. The third-order valence-electron chi connectivity index (χ3n) is 2.42. The number of benzene rings is 1. The third-order valence-corrected chi connectivity index (χ3v) is 2.42. The quantitative estimate of drug-likeness (QED) is 0.829. The summed E-state index contributed by atoms with van der Waals surface area (Å²) in [6.45, 7) is 0.389. The van der Waals surface area contributed by atoms with Crippen molar-refractivity contribution in [3.8, 4) is 11.8 Å². The third kappa shape index (κ3) is 5.20. The zero-order valence-electron chi connectivity index (χ0n) is 11.2. The Morgan fingerprint density at radius 2 is 2.10 bits per heavy atom. The number of aromatic nitrogens is 2. The number of amides is 1. The Bertz CT molecular complexity index is 662. The minimum atomic E-state index is -0.518. The van der Waals surface area contributed by atoms with Crippen LogP contribution in [0.15, 0.2) is 42.6 Å². The Hall–Kier alpha value is -3.07. The van der Waals surface area contributed by atoms with Crippen molar-refractivity contribution >= 4 is 12.0 Å². The van der Waals surface area contributed by atoms with E-state index in [-0.39, 0.29) is 19.1 Å². The average molecular weight is 282 g/mol. The summed E-state index contributed by atoms with van der Waals surface area (Å²) in [6, 6.07) is 11.1. The van der Waals surface area contributed by atoms with Gasteiger partial charge in [-0.3, -0.25) is 0 Å². The van der Waals surface area contributed by atoms with Gasteiger partial charge in [-0.1, -0.05) is 36.3 Å². The van der Waals surface area contributed by atoms with Gasteiger partial charge in [-0.2, -0.15) is 0 Å². The van der Waals surface area contributed by atoms with E-state index in [9.17, 15) is 4.79 Å². The average Bonchev–Trinajstić information content (AvgIpc) is 2.51. The molecule has 2 rings (SSSR count). The maximum Gasteiger partial charge on any atom is 0.408 e. The van der Waals surface area contributed by atoms with Crippen molar-refractivity contribution < 1.29 is 9.53 Å². The highest BCUT2D eigenvalue weighted by molar-refractivity contribution is 5.67. The molecular formula is C15H14N4O2. The van der Waals surface area contributed by atoms with Crippen LogP contribution in [-0.4, -0.2) is 22.6 Å². The van der Waals surface area contributed by atoms with Crippen LogP contribution in [0.3, 0.4) is 0 Å². The van der Waals surface area contributed by atoms with Crippen molar-refractivity contribution in [2.24, 2.45) is 0 Å². The van der Waals surface area contributed by atoms with E-state index in [0.717, 1.165) is 5.56 Å². The number of nitrogen functional groups attached to an aromatic ring is 1. The summed E-state index contributed by atoms with van der Waals surface area (Å²) in [5.74, 6) is 5.68. The lowest BCUT2D eigenvalue weighted by molar-refractivity contribution is 0.141. The van der Waals surface area contributed by atoms with E-state index in [0.29, 0.717) is 5.69 Å². The van der Waals surface area contributed by atoms with Gasteiger partial charge in [0.15, 0.2) is 0 Å². The van der Waals surface area contributed by atoms with Gasteiger partial charge in [-0.05, 0) is 17.6 Å². The normalized spacial score (nSPS) is 9.33. The molecule has 1 amide bonds. The number of hydrogen-bond donors (Lipinski definition) is 2. The standard InChI is InChI=1S/C15H14N4O2/c16-14-17-10-8-13(19-14)7-4-9-18-15(20)21-11-12-5-2-1-3-6-12/h1-3,5-6,8,10H,9,11H2,(H,18,20)(H2,16,17,19). The van der Waals surface area contributed by atoms with Crippen LogP contribution < -0.4 is 11.1 Å². The van der Waals surface area contributed by atoms with Gasteiger partial charge in [-0.15, -0.1) is 0 Å². The minimum absolute atomic E-state index is 0.164. The second kappa shape index (κ2) is 7.50. The van der Waals surface area contributed by atoms with Crippen LogP contribution >= 0.6 is 0 Å². The Labute approximate surface area is 122 Å². The SMILES string of the molecule is Nc1nccc(C#CCNC(=O)OCc2ccccc2)n1. The van der Waals surface area contributed by atoms with E-state index in [1.807, 2.05) is 30.3 Å². The van der Waals surface area contributed by atoms with Crippen molar-refractivity contribution in [1.82, 2.24) is 15.3 Å². The van der Waals surface area contributed by atoms with Crippen molar-refractivity contribution in [2.75, 3.05) is 12.3 Å². The topological polar surface area (TPSA) is 90.1 Å². The van der Waals surface area contributed by atoms with Crippen LogP contribution in [0, 0.1) is 11.8 Å². The molecule has 0 aliphatic heterocycles. The van der Waals surface area contributed by atoms with Gasteiger partial charge in [0.2, 0.25) is 5.95 Å². The van der Waals surface area contributed by atoms with Gasteiger partial charge in [-0.25, -0.2) is 14.8 Å². The monoisotopic (exact) mass is 282 g/mol. The Kier molecular flexibility index (Phi) is 5.12. The first kappa shape index (κ1) is 14.3. The molecule has 106 valence electrons. The van der Waals surface area contributed by atoms with E-state index in [4.69, 9.17) is 10.5 Å². The van der Waals surface area contributed by atoms with Crippen LogP contribution in [0.1, 0.15) is 11.3 Å².